The highest BCUT2D eigenvalue weighted by atomic mass is 16.5. The average Bonchev–Trinajstić information content (AvgIpc) is 2.75. The number of fused-ring (bicyclic) bond motifs is 1. The van der Waals surface area contributed by atoms with Crippen LogP contribution in [0.15, 0.2) is 12.1 Å². The molecule has 17 heavy (non-hydrogen) atoms. The number of hydrogen-bond donors (Lipinski definition) is 1. The van der Waals surface area contributed by atoms with Gasteiger partial charge >= 0.3 is 0 Å². The first-order valence-electron chi connectivity index (χ1n) is 6.59. The summed E-state index contributed by atoms with van der Waals surface area (Å²) >= 11 is 0. The third-order valence-corrected chi connectivity index (χ3v) is 4.22. The maximum Gasteiger partial charge on any atom is 0.126 e. The third-order valence-electron chi connectivity index (χ3n) is 4.22. The molecule has 1 N–H and O–H groups in total. The molecule has 1 aromatic rings. The number of nitrogens with zero attached hydrogens (tertiary/aromatic N) is 1. The molecule has 1 fully saturated rings. The molecule has 0 bridgehead atoms. The first-order chi connectivity index (χ1) is 8.31. The summed E-state index contributed by atoms with van der Waals surface area (Å²) in [5.41, 5.74) is 2.79. The lowest BCUT2D eigenvalue weighted by Gasteiger charge is -2.40. The van der Waals surface area contributed by atoms with E-state index in [1.165, 1.54) is 43.4 Å². The molecule has 0 radical (unpaired) electrons. The smallest absolute Gasteiger partial charge is 0.126 e. The van der Waals surface area contributed by atoms with Gasteiger partial charge in [0, 0.05) is 19.3 Å². The van der Waals surface area contributed by atoms with E-state index in [4.69, 9.17) is 4.74 Å². The second kappa shape index (κ2) is 4.30. The van der Waals surface area contributed by atoms with Gasteiger partial charge in [-0.15, -0.1) is 0 Å². The zero-order chi connectivity index (χ0) is 11.7. The predicted octanol–water partition coefficient (Wildman–Crippen LogP) is 2.55. The van der Waals surface area contributed by atoms with Gasteiger partial charge in [-0.3, -0.25) is 0 Å². The monoisotopic (exact) mass is 232 g/mol. The topological polar surface area (TPSA) is 34.1 Å². The minimum Gasteiger partial charge on any atom is -0.376 e. The van der Waals surface area contributed by atoms with Crippen LogP contribution in [-0.2, 0) is 17.6 Å². The zero-order valence-electron chi connectivity index (χ0n) is 10.5. The van der Waals surface area contributed by atoms with Crippen LogP contribution in [0.25, 0.3) is 0 Å². The van der Waals surface area contributed by atoms with Crippen molar-refractivity contribution < 1.29 is 4.74 Å². The Kier molecular flexibility index (Phi) is 2.79. The van der Waals surface area contributed by atoms with Crippen molar-refractivity contribution in [3.05, 3.63) is 23.4 Å². The quantitative estimate of drug-likeness (QED) is 0.866. The maximum absolute atomic E-state index is 5.60. The highest BCUT2D eigenvalue weighted by molar-refractivity contribution is 5.40. The molecule has 3 rings (SSSR count). The van der Waals surface area contributed by atoms with Crippen LogP contribution in [0.3, 0.4) is 0 Å². The Labute approximate surface area is 103 Å². The molecule has 2 aliphatic carbocycles. The lowest BCUT2D eigenvalue weighted by atomic mass is 9.80. The standard InChI is InChI=1S/C14H20N2O/c1-17-14(8-3-9-14)10-15-13-7-6-11-4-2-5-12(11)16-13/h6-7H,2-5,8-10H2,1H3,(H,15,16). The van der Waals surface area contributed by atoms with Crippen molar-refractivity contribution >= 4 is 5.82 Å². The fourth-order valence-corrected chi connectivity index (χ4v) is 2.79. The molecule has 0 unspecified atom stereocenters. The van der Waals surface area contributed by atoms with Crippen molar-refractivity contribution in [3.63, 3.8) is 0 Å². The van der Waals surface area contributed by atoms with Crippen LogP contribution in [0.2, 0.25) is 0 Å². The average molecular weight is 232 g/mol. The summed E-state index contributed by atoms with van der Waals surface area (Å²) in [7, 11) is 1.82. The highest BCUT2D eigenvalue weighted by Crippen LogP contribution is 2.35. The van der Waals surface area contributed by atoms with E-state index in [1.807, 2.05) is 7.11 Å². The van der Waals surface area contributed by atoms with E-state index in [9.17, 15) is 0 Å². The summed E-state index contributed by atoms with van der Waals surface area (Å²) in [5, 5.41) is 3.43. The van der Waals surface area contributed by atoms with Gasteiger partial charge in [-0.1, -0.05) is 6.07 Å². The number of pyridine rings is 1. The number of ether oxygens (including phenoxy) is 1. The summed E-state index contributed by atoms with van der Waals surface area (Å²) in [5.74, 6) is 1.01. The van der Waals surface area contributed by atoms with Crippen molar-refractivity contribution in [1.82, 2.24) is 4.98 Å². The first-order valence-corrected chi connectivity index (χ1v) is 6.59. The van der Waals surface area contributed by atoms with E-state index in [2.05, 4.69) is 22.4 Å². The number of rotatable bonds is 4. The van der Waals surface area contributed by atoms with E-state index in [1.54, 1.807) is 0 Å². The van der Waals surface area contributed by atoms with Gasteiger partial charge in [-0.2, -0.15) is 0 Å². The minimum atomic E-state index is 0.0701. The van der Waals surface area contributed by atoms with Gasteiger partial charge in [0.2, 0.25) is 0 Å². The number of methoxy groups -OCH3 is 1. The van der Waals surface area contributed by atoms with Crippen LogP contribution < -0.4 is 5.32 Å². The van der Waals surface area contributed by atoms with Gasteiger partial charge < -0.3 is 10.1 Å². The molecule has 92 valence electrons. The molecule has 2 aliphatic rings. The summed E-state index contributed by atoms with van der Waals surface area (Å²) in [4.78, 5) is 4.68. The predicted molar refractivity (Wildman–Crippen MR) is 68.3 cm³/mol. The zero-order valence-corrected chi connectivity index (χ0v) is 10.5. The summed E-state index contributed by atoms with van der Waals surface area (Å²) in [6.45, 7) is 0.884. The third kappa shape index (κ3) is 2.04. The van der Waals surface area contributed by atoms with Crippen LogP contribution in [-0.4, -0.2) is 24.2 Å². The largest absolute Gasteiger partial charge is 0.376 e. The first kappa shape index (κ1) is 11.0. The van der Waals surface area contributed by atoms with Crippen molar-refractivity contribution in [2.75, 3.05) is 19.0 Å². The Hall–Kier alpha value is -1.09. The summed E-state index contributed by atoms with van der Waals surface area (Å²) in [6, 6.07) is 4.32. The number of aryl methyl sites for hydroxylation is 2. The van der Waals surface area contributed by atoms with Crippen LogP contribution >= 0.6 is 0 Å². The van der Waals surface area contributed by atoms with Crippen molar-refractivity contribution in [3.8, 4) is 0 Å². The van der Waals surface area contributed by atoms with Gasteiger partial charge in [0.15, 0.2) is 0 Å². The normalized spacial score (nSPS) is 20.8. The summed E-state index contributed by atoms with van der Waals surface area (Å²) in [6.07, 6.45) is 7.22. The van der Waals surface area contributed by atoms with E-state index in [0.717, 1.165) is 18.8 Å². The Morgan fingerprint density at radius 1 is 1.29 bits per heavy atom. The minimum absolute atomic E-state index is 0.0701. The number of nitrogens with one attached hydrogen (secondary N) is 1. The molecule has 1 aromatic heterocycles. The molecular weight excluding hydrogens is 212 g/mol. The molecule has 0 aromatic carbocycles. The highest BCUT2D eigenvalue weighted by Gasteiger charge is 2.36. The van der Waals surface area contributed by atoms with Crippen LogP contribution in [0.1, 0.15) is 36.9 Å². The number of anilines is 1. The van der Waals surface area contributed by atoms with Gasteiger partial charge in [0.1, 0.15) is 5.82 Å². The number of hydrogen-bond acceptors (Lipinski definition) is 3. The molecule has 0 spiro atoms. The maximum atomic E-state index is 5.60. The Bertz CT molecular complexity index is 407. The lowest BCUT2D eigenvalue weighted by molar-refractivity contribution is -0.0601. The second-order valence-corrected chi connectivity index (χ2v) is 5.25. The molecule has 0 saturated heterocycles. The molecule has 0 amide bonds. The number of aromatic nitrogens is 1. The molecule has 0 atom stereocenters. The lowest BCUT2D eigenvalue weighted by Crippen LogP contribution is -2.45. The van der Waals surface area contributed by atoms with Gasteiger partial charge in [-0.25, -0.2) is 4.98 Å². The summed E-state index contributed by atoms with van der Waals surface area (Å²) < 4.78 is 5.60. The second-order valence-electron chi connectivity index (χ2n) is 5.25. The van der Waals surface area contributed by atoms with Gasteiger partial charge in [0.25, 0.3) is 0 Å². The molecule has 1 saturated carbocycles. The molecule has 0 aliphatic heterocycles. The van der Waals surface area contributed by atoms with Crippen molar-refractivity contribution in [2.24, 2.45) is 0 Å². The molecular formula is C14H20N2O. The van der Waals surface area contributed by atoms with E-state index >= 15 is 0 Å². The molecule has 1 heterocycles. The van der Waals surface area contributed by atoms with E-state index in [0.29, 0.717) is 0 Å². The van der Waals surface area contributed by atoms with Crippen LogP contribution in [0, 0.1) is 0 Å². The van der Waals surface area contributed by atoms with E-state index in [-0.39, 0.29) is 5.60 Å². The fraction of sp³-hybridized carbons (Fsp3) is 0.643. The fourth-order valence-electron chi connectivity index (χ4n) is 2.79. The Balaban J connectivity index is 1.65. The van der Waals surface area contributed by atoms with E-state index < -0.39 is 0 Å². The van der Waals surface area contributed by atoms with Crippen LogP contribution in [0.4, 0.5) is 5.82 Å². The van der Waals surface area contributed by atoms with Crippen molar-refractivity contribution in [1.29, 1.82) is 0 Å². The molecule has 3 heteroatoms. The SMILES string of the molecule is COC1(CNc2ccc3c(n2)CCC3)CCC1. The van der Waals surface area contributed by atoms with Gasteiger partial charge in [-0.05, 0) is 50.2 Å². The Morgan fingerprint density at radius 3 is 2.88 bits per heavy atom. The van der Waals surface area contributed by atoms with Crippen molar-refractivity contribution in [2.45, 2.75) is 44.1 Å². The van der Waals surface area contributed by atoms with Gasteiger partial charge in [0.05, 0.1) is 5.60 Å². The molecule has 3 nitrogen and oxygen atoms in total. The van der Waals surface area contributed by atoms with Crippen LogP contribution in [0.5, 0.6) is 0 Å². The Morgan fingerprint density at radius 2 is 2.18 bits per heavy atom.